The molecule has 0 aliphatic carbocycles. The van der Waals surface area contributed by atoms with E-state index in [1.54, 1.807) is 11.3 Å². The number of carbonyl (C=O) groups excluding carboxylic acids is 1. The van der Waals surface area contributed by atoms with Gasteiger partial charge in [0, 0.05) is 24.4 Å². The van der Waals surface area contributed by atoms with Crippen LogP contribution in [0.15, 0.2) is 0 Å². The molecule has 2 heterocycles. The molecule has 0 atom stereocenters. The zero-order valence-electron chi connectivity index (χ0n) is 11.3. The van der Waals surface area contributed by atoms with Gasteiger partial charge in [0.2, 0.25) is 5.91 Å². The minimum absolute atomic E-state index is 0.110. The molecule has 0 aromatic carbocycles. The number of rotatable bonds is 4. The first kappa shape index (κ1) is 13.5. The molecular formula is C13H21N3OS. The Labute approximate surface area is 112 Å². The summed E-state index contributed by atoms with van der Waals surface area (Å²) >= 11 is 1.72. The highest BCUT2D eigenvalue weighted by Crippen LogP contribution is 2.34. The third kappa shape index (κ3) is 3.10. The van der Waals surface area contributed by atoms with E-state index in [4.69, 9.17) is 0 Å². The van der Waals surface area contributed by atoms with Crippen LogP contribution in [-0.2, 0) is 17.8 Å². The smallest absolute Gasteiger partial charge is 0.226 e. The third-order valence-corrected chi connectivity index (χ3v) is 4.48. The first-order chi connectivity index (χ1) is 8.58. The number of nitrogens with one attached hydrogen (secondary N) is 2. The normalized spacial score (nSPS) is 14.7. The standard InChI is InChI=1S/C13H21N3OS/c1-9-10-4-6-14-8-11(10)18-13(9)15-12(17)5-7-16(2)3/h14H,4-8H2,1-3H3,(H,15,17). The average molecular weight is 267 g/mol. The van der Waals surface area contributed by atoms with Crippen molar-refractivity contribution in [1.29, 1.82) is 0 Å². The van der Waals surface area contributed by atoms with E-state index in [1.807, 2.05) is 19.0 Å². The van der Waals surface area contributed by atoms with Gasteiger partial charge in [0.15, 0.2) is 0 Å². The van der Waals surface area contributed by atoms with Crippen LogP contribution in [0.2, 0.25) is 0 Å². The molecule has 1 aromatic heterocycles. The van der Waals surface area contributed by atoms with Crippen LogP contribution in [0.3, 0.4) is 0 Å². The molecule has 1 amide bonds. The Kier molecular flexibility index (Phi) is 4.37. The maximum Gasteiger partial charge on any atom is 0.226 e. The molecule has 0 bridgehead atoms. The molecule has 0 saturated heterocycles. The third-order valence-electron chi connectivity index (χ3n) is 3.23. The molecule has 1 aliphatic rings. The van der Waals surface area contributed by atoms with Crippen molar-refractivity contribution in [2.75, 3.05) is 32.5 Å². The number of thiophene rings is 1. The monoisotopic (exact) mass is 267 g/mol. The van der Waals surface area contributed by atoms with E-state index in [9.17, 15) is 4.79 Å². The molecule has 4 nitrogen and oxygen atoms in total. The number of hydrogen-bond donors (Lipinski definition) is 2. The van der Waals surface area contributed by atoms with E-state index in [0.29, 0.717) is 6.42 Å². The molecule has 5 heteroatoms. The molecule has 100 valence electrons. The zero-order valence-corrected chi connectivity index (χ0v) is 12.1. The fourth-order valence-corrected chi connectivity index (χ4v) is 3.37. The van der Waals surface area contributed by atoms with Gasteiger partial charge < -0.3 is 15.5 Å². The van der Waals surface area contributed by atoms with Crippen molar-refractivity contribution in [2.24, 2.45) is 0 Å². The molecule has 18 heavy (non-hydrogen) atoms. The van der Waals surface area contributed by atoms with E-state index in [2.05, 4.69) is 17.6 Å². The van der Waals surface area contributed by atoms with Gasteiger partial charge in [0.05, 0.1) is 5.00 Å². The summed E-state index contributed by atoms with van der Waals surface area (Å²) < 4.78 is 0. The van der Waals surface area contributed by atoms with Gasteiger partial charge in [-0.2, -0.15) is 0 Å². The second-order valence-corrected chi connectivity index (χ2v) is 6.09. The summed E-state index contributed by atoms with van der Waals surface area (Å²) in [5, 5.41) is 7.45. The molecule has 0 unspecified atom stereocenters. The number of hydrogen-bond acceptors (Lipinski definition) is 4. The second-order valence-electron chi connectivity index (χ2n) is 4.99. The molecule has 1 aliphatic heterocycles. The van der Waals surface area contributed by atoms with Gasteiger partial charge in [-0.15, -0.1) is 11.3 Å². The minimum Gasteiger partial charge on any atom is -0.317 e. The lowest BCUT2D eigenvalue weighted by atomic mass is 10.1. The van der Waals surface area contributed by atoms with Crippen LogP contribution in [0.1, 0.15) is 22.4 Å². The summed E-state index contributed by atoms with van der Waals surface area (Å²) in [5.74, 6) is 0.110. The Morgan fingerprint density at radius 2 is 2.28 bits per heavy atom. The van der Waals surface area contributed by atoms with E-state index >= 15 is 0 Å². The molecule has 2 N–H and O–H groups in total. The quantitative estimate of drug-likeness (QED) is 0.871. The maximum absolute atomic E-state index is 11.8. The Bertz CT molecular complexity index is 440. The largest absolute Gasteiger partial charge is 0.317 e. The molecule has 2 rings (SSSR count). The summed E-state index contributed by atoms with van der Waals surface area (Å²) in [6, 6.07) is 0. The van der Waals surface area contributed by atoms with Crippen molar-refractivity contribution in [3.63, 3.8) is 0 Å². The van der Waals surface area contributed by atoms with Crippen LogP contribution < -0.4 is 10.6 Å². The van der Waals surface area contributed by atoms with Gasteiger partial charge >= 0.3 is 0 Å². The van der Waals surface area contributed by atoms with Gasteiger partial charge in [0.25, 0.3) is 0 Å². The topological polar surface area (TPSA) is 44.4 Å². The molecule has 1 aromatic rings. The van der Waals surface area contributed by atoms with Crippen molar-refractivity contribution in [1.82, 2.24) is 10.2 Å². The molecule has 0 radical (unpaired) electrons. The van der Waals surface area contributed by atoms with Crippen LogP contribution in [-0.4, -0.2) is 38.0 Å². The van der Waals surface area contributed by atoms with Gasteiger partial charge in [-0.3, -0.25) is 4.79 Å². The van der Waals surface area contributed by atoms with Crippen LogP contribution in [0.25, 0.3) is 0 Å². The SMILES string of the molecule is Cc1c(NC(=O)CCN(C)C)sc2c1CCNC2. The summed E-state index contributed by atoms with van der Waals surface area (Å²) in [6.45, 7) is 4.88. The number of anilines is 1. The Morgan fingerprint density at radius 1 is 1.50 bits per heavy atom. The first-order valence-electron chi connectivity index (χ1n) is 6.34. The number of nitrogens with zero attached hydrogens (tertiary/aromatic N) is 1. The average Bonchev–Trinajstić information content (AvgIpc) is 2.65. The van der Waals surface area contributed by atoms with Crippen LogP contribution in [0.4, 0.5) is 5.00 Å². The lowest BCUT2D eigenvalue weighted by Gasteiger charge is -2.12. The Morgan fingerprint density at radius 3 is 2.94 bits per heavy atom. The zero-order chi connectivity index (χ0) is 13.1. The summed E-state index contributed by atoms with van der Waals surface area (Å²) in [7, 11) is 3.96. The first-order valence-corrected chi connectivity index (χ1v) is 7.16. The maximum atomic E-state index is 11.8. The summed E-state index contributed by atoms with van der Waals surface area (Å²) in [5.41, 5.74) is 2.69. The van der Waals surface area contributed by atoms with Gasteiger partial charge in [-0.1, -0.05) is 0 Å². The molecular weight excluding hydrogens is 246 g/mol. The van der Waals surface area contributed by atoms with Crippen LogP contribution in [0.5, 0.6) is 0 Å². The minimum atomic E-state index is 0.110. The predicted octanol–water partition coefficient (Wildman–Crippen LogP) is 1.59. The van der Waals surface area contributed by atoms with Gasteiger partial charge in [-0.05, 0) is 45.1 Å². The van der Waals surface area contributed by atoms with E-state index < -0.39 is 0 Å². The predicted molar refractivity (Wildman–Crippen MR) is 76.3 cm³/mol. The van der Waals surface area contributed by atoms with Gasteiger partial charge in [0.1, 0.15) is 0 Å². The van der Waals surface area contributed by atoms with Crippen LogP contribution >= 0.6 is 11.3 Å². The molecule has 0 saturated carbocycles. The van der Waals surface area contributed by atoms with Gasteiger partial charge in [-0.25, -0.2) is 0 Å². The van der Waals surface area contributed by atoms with E-state index in [-0.39, 0.29) is 5.91 Å². The Hall–Kier alpha value is -0.910. The van der Waals surface area contributed by atoms with E-state index in [1.165, 1.54) is 16.0 Å². The van der Waals surface area contributed by atoms with Crippen molar-refractivity contribution >= 4 is 22.2 Å². The van der Waals surface area contributed by atoms with Crippen molar-refractivity contribution in [2.45, 2.75) is 26.3 Å². The van der Waals surface area contributed by atoms with Crippen molar-refractivity contribution in [3.8, 4) is 0 Å². The molecule has 0 fully saturated rings. The lowest BCUT2D eigenvalue weighted by Crippen LogP contribution is -2.22. The van der Waals surface area contributed by atoms with E-state index in [0.717, 1.165) is 31.1 Å². The second kappa shape index (κ2) is 5.82. The highest BCUT2D eigenvalue weighted by Gasteiger charge is 2.18. The fraction of sp³-hybridized carbons (Fsp3) is 0.615. The number of fused-ring (bicyclic) bond motifs is 1. The Balaban J connectivity index is 2.01. The number of carbonyl (C=O) groups is 1. The molecule has 0 spiro atoms. The number of amides is 1. The van der Waals surface area contributed by atoms with Crippen molar-refractivity contribution < 1.29 is 4.79 Å². The lowest BCUT2D eigenvalue weighted by molar-refractivity contribution is -0.116. The highest BCUT2D eigenvalue weighted by atomic mass is 32.1. The summed E-state index contributed by atoms with van der Waals surface area (Å²) in [6.07, 6.45) is 1.62. The van der Waals surface area contributed by atoms with Crippen molar-refractivity contribution in [3.05, 3.63) is 16.0 Å². The fourth-order valence-electron chi connectivity index (χ4n) is 2.13. The van der Waals surface area contributed by atoms with Crippen LogP contribution in [0, 0.1) is 6.92 Å². The summed E-state index contributed by atoms with van der Waals surface area (Å²) in [4.78, 5) is 15.2. The highest BCUT2D eigenvalue weighted by molar-refractivity contribution is 7.16.